The maximum absolute atomic E-state index is 13.2. The van der Waals surface area contributed by atoms with Gasteiger partial charge in [-0.3, -0.25) is 0 Å². The highest BCUT2D eigenvalue weighted by molar-refractivity contribution is 7.18. The molecule has 4 heteroatoms. The first-order valence-electron chi connectivity index (χ1n) is 5.75. The van der Waals surface area contributed by atoms with E-state index < -0.39 is 0 Å². The van der Waals surface area contributed by atoms with Crippen LogP contribution in [0.1, 0.15) is 4.88 Å². The predicted octanol–water partition coefficient (Wildman–Crippen LogP) is 3.65. The van der Waals surface area contributed by atoms with Gasteiger partial charge in [0, 0.05) is 28.4 Å². The molecule has 0 saturated carbocycles. The largest absolute Gasteiger partial charge is 0.304 e. The summed E-state index contributed by atoms with van der Waals surface area (Å²) in [5, 5.41) is 3.05. The van der Waals surface area contributed by atoms with E-state index in [0.717, 1.165) is 27.5 Å². The predicted molar refractivity (Wildman–Crippen MR) is 74.5 cm³/mol. The van der Waals surface area contributed by atoms with Crippen LogP contribution in [0.3, 0.4) is 0 Å². The second-order valence-corrected chi connectivity index (χ2v) is 5.77. The lowest BCUT2D eigenvalue weighted by Gasteiger charge is -2.05. The van der Waals surface area contributed by atoms with E-state index in [0.29, 0.717) is 0 Å². The minimum Gasteiger partial charge on any atom is -0.304 e. The zero-order valence-corrected chi connectivity index (χ0v) is 11.1. The minimum absolute atomic E-state index is 0.215. The van der Waals surface area contributed by atoms with Crippen molar-refractivity contribution in [3.63, 3.8) is 0 Å². The molecule has 2 aromatic heterocycles. The Balaban J connectivity index is 2.23. The molecule has 0 N–H and O–H groups in total. The fourth-order valence-corrected chi connectivity index (χ4v) is 3.26. The third-order valence-corrected chi connectivity index (χ3v) is 3.89. The van der Waals surface area contributed by atoms with E-state index in [4.69, 9.17) is 0 Å². The normalized spacial score (nSPS) is 11.8. The number of pyridine rings is 1. The van der Waals surface area contributed by atoms with Crippen molar-refractivity contribution in [2.24, 2.45) is 0 Å². The zero-order chi connectivity index (χ0) is 12.7. The van der Waals surface area contributed by atoms with Gasteiger partial charge < -0.3 is 4.90 Å². The number of nitrogens with zero attached hydrogens (tertiary/aromatic N) is 2. The lowest BCUT2D eigenvalue weighted by Crippen LogP contribution is -2.09. The smallest absolute Gasteiger partial charge is 0.124 e. The highest BCUT2D eigenvalue weighted by atomic mass is 32.1. The van der Waals surface area contributed by atoms with Gasteiger partial charge in [0.05, 0.1) is 0 Å². The third kappa shape index (κ3) is 1.98. The number of rotatable bonds is 2. The summed E-state index contributed by atoms with van der Waals surface area (Å²) in [4.78, 5) is 8.84. The summed E-state index contributed by atoms with van der Waals surface area (Å²) in [6, 6.07) is 7.03. The topological polar surface area (TPSA) is 16.1 Å². The van der Waals surface area contributed by atoms with Crippen LogP contribution in [0, 0.1) is 5.82 Å². The molecule has 3 rings (SSSR count). The zero-order valence-electron chi connectivity index (χ0n) is 10.3. The van der Waals surface area contributed by atoms with Gasteiger partial charge in [0.2, 0.25) is 0 Å². The van der Waals surface area contributed by atoms with Crippen LogP contribution in [0.4, 0.5) is 4.39 Å². The van der Waals surface area contributed by atoms with Crippen molar-refractivity contribution < 1.29 is 4.39 Å². The van der Waals surface area contributed by atoms with Gasteiger partial charge in [0.15, 0.2) is 0 Å². The summed E-state index contributed by atoms with van der Waals surface area (Å²) in [6.45, 7) is 0.906. The van der Waals surface area contributed by atoms with Crippen LogP contribution >= 0.6 is 11.3 Å². The quantitative estimate of drug-likeness (QED) is 0.699. The molecule has 0 spiro atoms. The standard InChI is InChI=1S/C14H13FN2S/c1-17(2)8-11-6-13-12-4-3-10(15)5-9(12)7-16-14(13)18-11/h3-7H,8H2,1-2H3. The van der Waals surface area contributed by atoms with Crippen LogP contribution in [0.2, 0.25) is 0 Å². The molecule has 92 valence electrons. The Bertz CT molecular complexity index is 718. The Hall–Kier alpha value is -1.52. The Labute approximate surface area is 109 Å². The lowest BCUT2D eigenvalue weighted by molar-refractivity contribution is 0.406. The third-order valence-electron chi connectivity index (χ3n) is 2.86. The Morgan fingerprint density at radius 1 is 1.22 bits per heavy atom. The lowest BCUT2D eigenvalue weighted by atomic mass is 10.1. The summed E-state index contributed by atoms with van der Waals surface area (Å²) < 4.78 is 13.2. The minimum atomic E-state index is -0.215. The second-order valence-electron chi connectivity index (χ2n) is 4.66. The summed E-state index contributed by atoms with van der Waals surface area (Å²) in [5.41, 5.74) is 0. The first-order valence-corrected chi connectivity index (χ1v) is 6.56. The molecular formula is C14H13FN2S. The molecule has 0 radical (unpaired) electrons. The van der Waals surface area contributed by atoms with E-state index in [2.05, 4.69) is 16.0 Å². The van der Waals surface area contributed by atoms with Gasteiger partial charge in [-0.25, -0.2) is 9.37 Å². The van der Waals surface area contributed by atoms with Crippen LogP contribution in [0.15, 0.2) is 30.5 Å². The van der Waals surface area contributed by atoms with E-state index in [-0.39, 0.29) is 5.82 Å². The van der Waals surface area contributed by atoms with E-state index in [1.807, 2.05) is 20.2 Å². The van der Waals surface area contributed by atoms with Gasteiger partial charge >= 0.3 is 0 Å². The fraction of sp³-hybridized carbons (Fsp3) is 0.214. The summed E-state index contributed by atoms with van der Waals surface area (Å²) in [6.07, 6.45) is 1.75. The molecule has 0 fully saturated rings. The number of thiophene rings is 1. The highest BCUT2D eigenvalue weighted by Crippen LogP contribution is 2.30. The van der Waals surface area contributed by atoms with Gasteiger partial charge in [0.25, 0.3) is 0 Å². The average molecular weight is 260 g/mol. The molecular weight excluding hydrogens is 247 g/mol. The molecule has 0 aliphatic carbocycles. The van der Waals surface area contributed by atoms with Gasteiger partial charge in [0.1, 0.15) is 10.6 Å². The molecule has 0 aliphatic rings. The van der Waals surface area contributed by atoms with Gasteiger partial charge in [-0.2, -0.15) is 0 Å². The van der Waals surface area contributed by atoms with Crippen molar-refractivity contribution in [2.45, 2.75) is 6.54 Å². The van der Waals surface area contributed by atoms with Crippen molar-refractivity contribution in [3.05, 3.63) is 41.2 Å². The first kappa shape index (κ1) is 11.6. The van der Waals surface area contributed by atoms with E-state index in [1.165, 1.54) is 17.0 Å². The number of fused-ring (bicyclic) bond motifs is 3. The van der Waals surface area contributed by atoms with Gasteiger partial charge in [-0.15, -0.1) is 11.3 Å². The maximum Gasteiger partial charge on any atom is 0.124 e. The molecule has 0 bridgehead atoms. The van der Waals surface area contributed by atoms with Crippen LogP contribution in [0.25, 0.3) is 21.0 Å². The highest BCUT2D eigenvalue weighted by Gasteiger charge is 2.08. The SMILES string of the molecule is CN(C)Cc1cc2c(ncc3cc(F)ccc32)s1. The van der Waals surface area contributed by atoms with E-state index in [1.54, 1.807) is 17.5 Å². The number of aromatic nitrogens is 1. The maximum atomic E-state index is 13.2. The second kappa shape index (κ2) is 4.30. The number of hydrogen-bond donors (Lipinski definition) is 0. The molecule has 0 unspecified atom stereocenters. The Kier molecular flexibility index (Phi) is 2.76. The van der Waals surface area contributed by atoms with E-state index in [9.17, 15) is 4.39 Å². The molecule has 2 heterocycles. The van der Waals surface area contributed by atoms with Crippen molar-refractivity contribution in [1.82, 2.24) is 9.88 Å². The van der Waals surface area contributed by atoms with Gasteiger partial charge in [-0.1, -0.05) is 6.07 Å². The summed E-state index contributed by atoms with van der Waals surface area (Å²) in [5.74, 6) is -0.215. The molecule has 2 nitrogen and oxygen atoms in total. The molecule has 0 amide bonds. The molecule has 0 atom stereocenters. The van der Waals surface area contributed by atoms with Crippen LogP contribution in [-0.2, 0) is 6.54 Å². The number of halogens is 1. The number of hydrogen-bond acceptors (Lipinski definition) is 3. The average Bonchev–Trinajstić information content (AvgIpc) is 2.70. The van der Waals surface area contributed by atoms with Crippen molar-refractivity contribution >= 4 is 32.3 Å². The van der Waals surface area contributed by atoms with E-state index >= 15 is 0 Å². The van der Waals surface area contributed by atoms with Crippen molar-refractivity contribution in [2.75, 3.05) is 14.1 Å². The molecule has 1 aromatic carbocycles. The molecule has 3 aromatic rings. The molecule has 0 saturated heterocycles. The Morgan fingerprint density at radius 2 is 2.06 bits per heavy atom. The van der Waals surface area contributed by atoms with Crippen LogP contribution < -0.4 is 0 Å². The number of benzene rings is 1. The summed E-state index contributed by atoms with van der Waals surface area (Å²) >= 11 is 1.70. The Morgan fingerprint density at radius 3 is 2.83 bits per heavy atom. The molecule has 0 aliphatic heterocycles. The molecule has 18 heavy (non-hydrogen) atoms. The van der Waals surface area contributed by atoms with Crippen molar-refractivity contribution in [3.8, 4) is 0 Å². The monoisotopic (exact) mass is 260 g/mol. The van der Waals surface area contributed by atoms with Gasteiger partial charge in [-0.05, 0) is 37.7 Å². The van der Waals surface area contributed by atoms with Crippen LogP contribution in [0.5, 0.6) is 0 Å². The van der Waals surface area contributed by atoms with Crippen molar-refractivity contribution in [1.29, 1.82) is 0 Å². The summed E-state index contributed by atoms with van der Waals surface area (Å²) in [7, 11) is 4.09. The van der Waals surface area contributed by atoms with Crippen LogP contribution in [-0.4, -0.2) is 24.0 Å². The fourth-order valence-electron chi connectivity index (χ4n) is 2.12. The first-order chi connectivity index (χ1) is 8.63.